The Balaban J connectivity index is 1.72. The monoisotopic (exact) mass is 371 g/mol. The molecule has 0 aromatic heterocycles. The van der Waals surface area contributed by atoms with Crippen molar-refractivity contribution in [1.82, 2.24) is 0 Å². The zero-order chi connectivity index (χ0) is 19.6. The first-order valence-corrected chi connectivity index (χ1v) is 8.42. The predicted octanol–water partition coefficient (Wildman–Crippen LogP) is 3.15. The summed E-state index contributed by atoms with van der Waals surface area (Å²) >= 11 is 0. The van der Waals surface area contributed by atoms with E-state index in [-0.39, 0.29) is 18.1 Å². The number of aliphatic carboxylic acids is 1. The number of hydrogen-bond donors (Lipinski definition) is 2. The van der Waals surface area contributed by atoms with E-state index in [1.165, 1.54) is 6.92 Å². The van der Waals surface area contributed by atoms with Crippen LogP contribution in [0.1, 0.15) is 30.1 Å². The average Bonchev–Trinajstić information content (AvgIpc) is 2.64. The third kappa shape index (κ3) is 7.19. The largest absolute Gasteiger partial charge is 0.494 e. The molecule has 0 heterocycles. The number of amides is 1. The Morgan fingerprint density at radius 1 is 1.00 bits per heavy atom. The molecule has 0 spiro atoms. The van der Waals surface area contributed by atoms with Crippen molar-refractivity contribution >= 4 is 23.3 Å². The number of nitrogens with one attached hydrogen (secondary N) is 1. The fourth-order valence-corrected chi connectivity index (χ4v) is 2.24. The quantitative estimate of drug-likeness (QED) is 0.491. The molecule has 0 saturated carbocycles. The number of Topliss-reactive ketones (excluding diaryl/α,β-unsaturated/α-hetero) is 1. The lowest BCUT2D eigenvalue weighted by Crippen LogP contribution is -2.13. The van der Waals surface area contributed by atoms with Gasteiger partial charge in [-0.1, -0.05) is 6.07 Å². The summed E-state index contributed by atoms with van der Waals surface area (Å²) in [5, 5.41) is 11.3. The molecule has 0 unspecified atom stereocenters. The van der Waals surface area contributed by atoms with Crippen molar-refractivity contribution in [1.29, 1.82) is 0 Å². The van der Waals surface area contributed by atoms with Crippen molar-refractivity contribution in [2.24, 2.45) is 0 Å². The lowest BCUT2D eigenvalue weighted by atomic mass is 10.1. The molecule has 2 aromatic rings. The van der Waals surface area contributed by atoms with E-state index in [9.17, 15) is 14.4 Å². The molecule has 0 aliphatic carbocycles. The summed E-state index contributed by atoms with van der Waals surface area (Å²) in [6.07, 6.45) is 0.793. The van der Waals surface area contributed by atoms with Gasteiger partial charge in [0, 0.05) is 23.7 Å². The maximum absolute atomic E-state index is 12.0. The third-order valence-electron chi connectivity index (χ3n) is 3.56. The zero-order valence-corrected chi connectivity index (χ0v) is 14.9. The highest BCUT2D eigenvalue weighted by atomic mass is 16.5. The Morgan fingerprint density at radius 2 is 1.74 bits per heavy atom. The Kier molecular flexibility index (Phi) is 7.37. The lowest BCUT2D eigenvalue weighted by Gasteiger charge is -2.09. The van der Waals surface area contributed by atoms with Crippen LogP contribution in [0.4, 0.5) is 5.69 Å². The minimum Gasteiger partial charge on any atom is -0.494 e. The SMILES string of the molecule is CC(=O)c1ccc(OCCCC(=O)Nc2cccc(OCC(=O)O)c2)cc1. The Hall–Kier alpha value is -3.35. The number of carboxylic acids is 1. The van der Waals surface area contributed by atoms with Crippen LogP contribution < -0.4 is 14.8 Å². The van der Waals surface area contributed by atoms with Gasteiger partial charge in [0.15, 0.2) is 12.4 Å². The van der Waals surface area contributed by atoms with Crippen molar-refractivity contribution in [3.8, 4) is 11.5 Å². The van der Waals surface area contributed by atoms with Crippen molar-refractivity contribution in [2.75, 3.05) is 18.5 Å². The number of ether oxygens (including phenoxy) is 2. The Bertz CT molecular complexity index is 800. The molecule has 7 heteroatoms. The lowest BCUT2D eigenvalue weighted by molar-refractivity contribution is -0.139. The van der Waals surface area contributed by atoms with E-state index in [2.05, 4.69) is 5.32 Å². The average molecular weight is 371 g/mol. The third-order valence-corrected chi connectivity index (χ3v) is 3.56. The van der Waals surface area contributed by atoms with Gasteiger partial charge < -0.3 is 19.9 Å². The molecule has 2 rings (SSSR count). The van der Waals surface area contributed by atoms with Crippen LogP contribution in [0.25, 0.3) is 0 Å². The summed E-state index contributed by atoms with van der Waals surface area (Å²) < 4.78 is 10.6. The number of carboxylic acid groups (broad SMARTS) is 1. The zero-order valence-electron chi connectivity index (χ0n) is 14.9. The summed E-state index contributed by atoms with van der Waals surface area (Å²) in [7, 11) is 0. The summed E-state index contributed by atoms with van der Waals surface area (Å²) in [6, 6.07) is 13.4. The highest BCUT2D eigenvalue weighted by molar-refractivity contribution is 5.94. The smallest absolute Gasteiger partial charge is 0.341 e. The molecule has 0 atom stereocenters. The maximum Gasteiger partial charge on any atom is 0.341 e. The van der Waals surface area contributed by atoms with E-state index < -0.39 is 12.6 Å². The van der Waals surface area contributed by atoms with Gasteiger partial charge in [0.05, 0.1) is 6.61 Å². The van der Waals surface area contributed by atoms with Gasteiger partial charge in [0.1, 0.15) is 11.5 Å². The highest BCUT2D eigenvalue weighted by Crippen LogP contribution is 2.18. The molecular weight excluding hydrogens is 350 g/mol. The summed E-state index contributed by atoms with van der Waals surface area (Å²) in [4.78, 5) is 33.7. The van der Waals surface area contributed by atoms with Crippen molar-refractivity contribution in [3.63, 3.8) is 0 Å². The van der Waals surface area contributed by atoms with Crippen LogP contribution >= 0.6 is 0 Å². The minimum absolute atomic E-state index is 0.00403. The molecule has 0 saturated heterocycles. The molecule has 0 aliphatic heterocycles. The summed E-state index contributed by atoms with van der Waals surface area (Å²) in [5.74, 6) is -0.242. The van der Waals surface area contributed by atoms with Crippen LogP contribution in [0, 0.1) is 0 Å². The van der Waals surface area contributed by atoms with E-state index in [1.54, 1.807) is 48.5 Å². The number of rotatable bonds is 10. The van der Waals surface area contributed by atoms with Gasteiger partial charge in [0.2, 0.25) is 5.91 Å². The fourth-order valence-electron chi connectivity index (χ4n) is 2.24. The van der Waals surface area contributed by atoms with E-state index in [4.69, 9.17) is 14.6 Å². The van der Waals surface area contributed by atoms with Crippen LogP contribution in [0.2, 0.25) is 0 Å². The minimum atomic E-state index is -1.07. The molecule has 2 N–H and O–H groups in total. The molecule has 142 valence electrons. The predicted molar refractivity (Wildman–Crippen MR) is 99.4 cm³/mol. The van der Waals surface area contributed by atoms with Crippen molar-refractivity contribution in [3.05, 3.63) is 54.1 Å². The van der Waals surface area contributed by atoms with Gasteiger partial charge in [-0.2, -0.15) is 0 Å². The molecule has 0 radical (unpaired) electrons. The number of carbonyl (C=O) groups excluding carboxylic acids is 2. The topological polar surface area (TPSA) is 102 Å². The molecular formula is C20H21NO6. The van der Waals surface area contributed by atoms with Crippen LogP contribution in [0.3, 0.4) is 0 Å². The van der Waals surface area contributed by atoms with Gasteiger partial charge in [-0.15, -0.1) is 0 Å². The first-order chi connectivity index (χ1) is 12.9. The van der Waals surface area contributed by atoms with E-state index in [1.807, 2.05) is 0 Å². The van der Waals surface area contributed by atoms with Gasteiger partial charge in [0.25, 0.3) is 0 Å². The molecule has 0 bridgehead atoms. The van der Waals surface area contributed by atoms with Gasteiger partial charge in [-0.25, -0.2) is 4.79 Å². The van der Waals surface area contributed by atoms with Gasteiger partial charge in [-0.05, 0) is 49.7 Å². The van der Waals surface area contributed by atoms with E-state index in [0.29, 0.717) is 35.8 Å². The first kappa shape index (κ1) is 20.0. The second kappa shape index (κ2) is 9.96. The van der Waals surface area contributed by atoms with Crippen molar-refractivity contribution < 1.29 is 29.0 Å². The number of ketones is 1. The molecule has 1 amide bonds. The van der Waals surface area contributed by atoms with Crippen LogP contribution in [0.15, 0.2) is 48.5 Å². The van der Waals surface area contributed by atoms with Crippen molar-refractivity contribution in [2.45, 2.75) is 19.8 Å². The first-order valence-electron chi connectivity index (χ1n) is 8.42. The standard InChI is InChI=1S/C20H21NO6/c1-14(22)15-7-9-17(10-8-15)26-11-3-6-19(23)21-16-4-2-5-18(12-16)27-13-20(24)25/h2,4-5,7-10,12H,3,6,11,13H2,1H3,(H,21,23)(H,24,25). The van der Waals surface area contributed by atoms with Gasteiger partial charge >= 0.3 is 5.97 Å². The van der Waals surface area contributed by atoms with Gasteiger partial charge in [-0.3, -0.25) is 9.59 Å². The number of carbonyl (C=O) groups is 3. The number of benzene rings is 2. The number of hydrogen-bond acceptors (Lipinski definition) is 5. The van der Waals surface area contributed by atoms with Crippen LogP contribution in [0.5, 0.6) is 11.5 Å². The number of anilines is 1. The molecule has 2 aromatic carbocycles. The van der Waals surface area contributed by atoms with Crippen LogP contribution in [-0.4, -0.2) is 36.0 Å². The van der Waals surface area contributed by atoms with Crippen LogP contribution in [-0.2, 0) is 9.59 Å². The Labute approximate surface area is 156 Å². The summed E-state index contributed by atoms with van der Waals surface area (Å²) in [5.41, 5.74) is 1.15. The molecule has 0 fully saturated rings. The van der Waals surface area contributed by atoms with E-state index >= 15 is 0 Å². The summed E-state index contributed by atoms with van der Waals surface area (Å²) in [6.45, 7) is 1.43. The highest BCUT2D eigenvalue weighted by Gasteiger charge is 2.05. The fraction of sp³-hybridized carbons (Fsp3) is 0.250. The second-order valence-corrected chi connectivity index (χ2v) is 5.79. The molecule has 27 heavy (non-hydrogen) atoms. The molecule has 7 nitrogen and oxygen atoms in total. The van der Waals surface area contributed by atoms with E-state index in [0.717, 1.165) is 0 Å². The normalized spacial score (nSPS) is 10.1. The molecule has 0 aliphatic rings. The second-order valence-electron chi connectivity index (χ2n) is 5.79. The maximum atomic E-state index is 12.0. The Morgan fingerprint density at radius 3 is 2.41 bits per heavy atom.